The van der Waals surface area contributed by atoms with E-state index in [-0.39, 0.29) is 0 Å². The van der Waals surface area contributed by atoms with Crippen LogP contribution in [-0.4, -0.2) is 18.2 Å². The first-order chi connectivity index (χ1) is 11.0. The zero-order chi connectivity index (χ0) is 17.1. The van der Waals surface area contributed by atoms with Crippen LogP contribution < -0.4 is 5.32 Å². The lowest BCUT2D eigenvalue weighted by Gasteiger charge is -2.12. The number of allylic oxidation sites excluding steroid dienone is 2. The number of nitrogens with one attached hydrogen (secondary N) is 1. The van der Waals surface area contributed by atoms with Crippen LogP contribution >= 0.6 is 15.9 Å². The molecule has 1 aromatic carbocycles. The second kappa shape index (κ2) is 11.4. The van der Waals surface area contributed by atoms with Gasteiger partial charge >= 0.3 is 0 Å². The van der Waals surface area contributed by atoms with Crippen molar-refractivity contribution in [1.29, 1.82) is 0 Å². The molecular weight excluding hydrogens is 350 g/mol. The van der Waals surface area contributed by atoms with E-state index in [1.807, 2.05) is 37.3 Å². The molecule has 0 aliphatic heterocycles. The third-order valence-electron chi connectivity index (χ3n) is 3.74. The van der Waals surface area contributed by atoms with Crippen LogP contribution in [0.15, 0.2) is 64.7 Å². The summed E-state index contributed by atoms with van der Waals surface area (Å²) in [4.78, 5) is 0. The molecule has 1 atom stereocenters. The van der Waals surface area contributed by atoms with E-state index in [2.05, 4.69) is 46.9 Å². The molecule has 1 rings (SSSR count). The highest BCUT2D eigenvalue weighted by Crippen LogP contribution is 2.23. The van der Waals surface area contributed by atoms with Gasteiger partial charge in [0, 0.05) is 11.0 Å². The van der Waals surface area contributed by atoms with Crippen LogP contribution in [0.1, 0.15) is 44.8 Å². The molecule has 0 heterocycles. The highest BCUT2D eigenvalue weighted by atomic mass is 79.9. The van der Waals surface area contributed by atoms with Gasteiger partial charge in [-0.2, -0.15) is 0 Å². The molecule has 0 radical (unpaired) electrons. The van der Waals surface area contributed by atoms with E-state index in [4.69, 9.17) is 0 Å². The summed E-state index contributed by atoms with van der Waals surface area (Å²) in [6, 6.07) is 7.81. The maximum absolute atomic E-state index is 10.4. The van der Waals surface area contributed by atoms with Crippen LogP contribution in [0.4, 0.5) is 0 Å². The van der Waals surface area contributed by atoms with Gasteiger partial charge < -0.3 is 10.4 Å². The molecule has 0 amide bonds. The van der Waals surface area contributed by atoms with Crippen molar-refractivity contribution in [3.63, 3.8) is 0 Å². The monoisotopic (exact) mass is 377 g/mol. The molecule has 1 unspecified atom stereocenters. The summed E-state index contributed by atoms with van der Waals surface area (Å²) < 4.78 is 1.03. The van der Waals surface area contributed by atoms with Crippen LogP contribution in [0, 0.1) is 0 Å². The zero-order valence-corrected chi connectivity index (χ0v) is 15.8. The summed E-state index contributed by atoms with van der Waals surface area (Å²) in [6.07, 6.45) is 8.75. The lowest BCUT2D eigenvalue weighted by Crippen LogP contribution is -2.14. The smallest absolute Gasteiger partial charge is 0.0998 e. The Morgan fingerprint density at radius 3 is 2.57 bits per heavy atom. The van der Waals surface area contributed by atoms with Crippen molar-refractivity contribution in [3.05, 3.63) is 70.3 Å². The number of rotatable bonds is 10. The maximum Gasteiger partial charge on any atom is 0.0998 e. The maximum atomic E-state index is 10.4. The molecular formula is C20H28BrNO. The number of hydrogen-bond acceptors (Lipinski definition) is 2. The van der Waals surface area contributed by atoms with Crippen molar-refractivity contribution in [2.45, 2.75) is 39.2 Å². The number of benzene rings is 1. The highest BCUT2D eigenvalue weighted by molar-refractivity contribution is 9.10. The average molecular weight is 378 g/mol. The zero-order valence-electron chi connectivity index (χ0n) is 14.2. The summed E-state index contributed by atoms with van der Waals surface area (Å²) in [6.45, 7) is 9.74. The Morgan fingerprint density at radius 1 is 1.22 bits per heavy atom. The second-order valence-corrected chi connectivity index (χ2v) is 6.69. The van der Waals surface area contributed by atoms with E-state index < -0.39 is 6.10 Å². The molecule has 0 fully saturated rings. The fourth-order valence-electron chi connectivity index (χ4n) is 2.20. The first-order valence-corrected chi connectivity index (χ1v) is 8.91. The molecule has 0 saturated carbocycles. The van der Waals surface area contributed by atoms with E-state index in [9.17, 15) is 5.11 Å². The second-order valence-electron chi connectivity index (χ2n) is 5.77. The first kappa shape index (κ1) is 19.9. The summed E-state index contributed by atoms with van der Waals surface area (Å²) in [5.41, 5.74) is 3.31. The van der Waals surface area contributed by atoms with Crippen LogP contribution in [0.3, 0.4) is 0 Å². The van der Waals surface area contributed by atoms with Gasteiger partial charge in [0.2, 0.25) is 0 Å². The van der Waals surface area contributed by atoms with Crippen molar-refractivity contribution >= 4 is 15.9 Å². The summed E-state index contributed by atoms with van der Waals surface area (Å²) in [5, 5.41) is 13.7. The van der Waals surface area contributed by atoms with Crippen molar-refractivity contribution in [1.82, 2.24) is 5.32 Å². The van der Waals surface area contributed by atoms with Crippen LogP contribution in [0.2, 0.25) is 0 Å². The predicted octanol–water partition coefficient (Wildman–Crippen LogP) is 5.32. The van der Waals surface area contributed by atoms with Crippen molar-refractivity contribution in [3.8, 4) is 0 Å². The van der Waals surface area contributed by atoms with Gasteiger partial charge in [0.1, 0.15) is 0 Å². The molecule has 3 heteroatoms. The minimum absolute atomic E-state index is 0.520. The lowest BCUT2D eigenvalue weighted by atomic mass is 10.0. The molecule has 0 aromatic heterocycles. The Morgan fingerprint density at radius 2 is 1.91 bits per heavy atom. The first-order valence-electron chi connectivity index (χ1n) is 8.12. The lowest BCUT2D eigenvalue weighted by molar-refractivity contribution is 0.215. The Bertz CT molecular complexity index is 531. The molecule has 0 spiro atoms. The van der Waals surface area contributed by atoms with E-state index in [1.165, 1.54) is 5.57 Å². The van der Waals surface area contributed by atoms with Crippen molar-refractivity contribution in [2.24, 2.45) is 0 Å². The molecule has 2 nitrogen and oxygen atoms in total. The Hall–Kier alpha value is -1.16. The van der Waals surface area contributed by atoms with Gasteiger partial charge in [-0.15, -0.1) is 6.58 Å². The quantitative estimate of drug-likeness (QED) is 0.427. The SMILES string of the molecule is C=CCCNCC=C(C)CCC=C(C)C(O)c1ccc(Br)cc1. The Labute approximate surface area is 149 Å². The summed E-state index contributed by atoms with van der Waals surface area (Å²) in [7, 11) is 0. The fraction of sp³-hybridized carbons (Fsp3) is 0.400. The van der Waals surface area contributed by atoms with Gasteiger partial charge in [-0.1, -0.05) is 51.9 Å². The van der Waals surface area contributed by atoms with Crippen molar-refractivity contribution in [2.75, 3.05) is 13.1 Å². The third kappa shape index (κ3) is 8.31. The van der Waals surface area contributed by atoms with Gasteiger partial charge in [-0.05, 0) is 62.9 Å². The van der Waals surface area contributed by atoms with Crippen LogP contribution in [0.5, 0.6) is 0 Å². The molecule has 23 heavy (non-hydrogen) atoms. The fourth-order valence-corrected chi connectivity index (χ4v) is 2.47. The molecule has 2 N–H and O–H groups in total. The highest BCUT2D eigenvalue weighted by Gasteiger charge is 2.08. The predicted molar refractivity (Wildman–Crippen MR) is 104 cm³/mol. The molecule has 1 aromatic rings. The van der Waals surface area contributed by atoms with Gasteiger partial charge in [0.05, 0.1) is 6.10 Å². The molecule has 0 saturated heterocycles. The van der Waals surface area contributed by atoms with E-state index in [0.717, 1.165) is 48.0 Å². The van der Waals surface area contributed by atoms with E-state index in [1.54, 1.807) is 0 Å². The van der Waals surface area contributed by atoms with E-state index >= 15 is 0 Å². The number of hydrogen-bond donors (Lipinski definition) is 2. The topological polar surface area (TPSA) is 32.3 Å². The molecule has 0 bridgehead atoms. The van der Waals surface area contributed by atoms with Gasteiger partial charge in [-0.3, -0.25) is 0 Å². The molecule has 0 aliphatic rings. The van der Waals surface area contributed by atoms with Crippen LogP contribution in [0.25, 0.3) is 0 Å². The van der Waals surface area contributed by atoms with Crippen LogP contribution in [-0.2, 0) is 0 Å². The normalized spacial score (nSPS) is 13.9. The molecule has 126 valence electrons. The summed E-state index contributed by atoms with van der Waals surface area (Å²) in [5.74, 6) is 0. The molecule has 0 aliphatic carbocycles. The Balaban J connectivity index is 2.39. The standard InChI is InChI=1S/C20H28BrNO/c1-4-5-14-22-15-13-16(2)7-6-8-17(3)20(23)18-9-11-19(21)12-10-18/h4,8-13,20,22-23H,1,5-7,14-15H2,2-3H3. The average Bonchev–Trinajstić information content (AvgIpc) is 2.54. The number of aliphatic hydroxyl groups excluding tert-OH is 1. The Kier molecular flexibility index (Phi) is 9.85. The van der Waals surface area contributed by atoms with Gasteiger partial charge in [0.25, 0.3) is 0 Å². The van der Waals surface area contributed by atoms with E-state index in [0.29, 0.717) is 0 Å². The number of aliphatic hydroxyl groups is 1. The summed E-state index contributed by atoms with van der Waals surface area (Å²) >= 11 is 3.41. The minimum atomic E-state index is -0.520. The minimum Gasteiger partial charge on any atom is -0.384 e. The van der Waals surface area contributed by atoms with Gasteiger partial charge in [-0.25, -0.2) is 0 Å². The largest absolute Gasteiger partial charge is 0.384 e. The van der Waals surface area contributed by atoms with Crippen molar-refractivity contribution < 1.29 is 5.11 Å². The third-order valence-corrected chi connectivity index (χ3v) is 4.27. The number of halogens is 1. The van der Waals surface area contributed by atoms with Gasteiger partial charge in [0.15, 0.2) is 0 Å².